The number of urea groups is 1. The van der Waals surface area contributed by atoms with Gasteiger partial charge in [-0.3, -0.25) is 4.79 Å². The Hall–Kier alpha value is -0.910. The van der Waals surface area contributed by atoms with Crippen LogP contribution in [0.15, 0.2) is 0 Å². The van der Waals surface area contributed by atoms with Gasteiger partial charge >= 0.3 is 12.0 Å². The smallest absolute Gasteiger partial charge is 0.309 e. The largest absolute Gasteiger partial charge is 0.481 e. The Labute approximate surface area is 72.2 Å². The molecule has 0 saturated heterocycles. The van der Waals surface area contributed by atoms with E-state index in [9.17, 15) is 4.79 Å². The fourth-order valence-electron chi connectivity index (χ4n) is 0.214. The van der Waals surface area contributed by atoms with E-state index in [1.165, 1.54) is 0 Å². The summed E-state index contributed by atoms with van der Waals surface area (Å²) in [5.41, 5.74) is 8.50. The molecule has 0 fully saturated rings. The molecule has 0 aromatic carbocycles. The van der Waals surface area contributed by atoms with Crippen molar-refractivity contribution in [3.63, 3.8) is 0 Å². The first-order valence-electron chi connectivity index (χ1n) is 2.77. The summed E-state index contributed by atoms with van der Waals surface area (Å²) in [6.07, 6.45) is 1.02. The van der Waals surface area contributed by atoms with Crippen LogP contribution < -0.4 is 11.5 Å². The van der Waals surface area contributed by atoms with Crippen molar-refractivity contribution in [1.82, 2.24) is 0 Å². The molecule has 6 heteroatoms. The molecule has 5 N–H and O–H groups in total. The lowest BCUT2D eigenvalue weighted by molar-refractivity contribution is -0.137. The van der Waals surface area contributed by atoms with Crippen LogP contribution in [0.5, 0.6) is 0 Å². The van der Waals surface area contributed by atoms with Crippen LogP contribution in [-0.4, -0.2) is 17.1 Å². The van der Waals surface area contributed by atoms with Crippen molar-refractivity contribution in [2.24, 2.45) is 11.5 Å². The van der Waals surface area contributed by atoms with E-state index in [1.54, 1.807) is 0 Å². The molecule has 0 aromatic heterocycles. The van der Waals surface area contributed by atoms with Gasteiger partial charge in [-0.1, -0.05) is 6.92 Å². The van der Waals surface area contributed by atoms with Crippen LogP contribution in [-0.2, 0) is 4.79 Å². The maximum atomic E-state index is 9.60. The van der Waals surface area contributed by atoms with Crippen molar-refractivity contribution < 1.29 is 14.7 Å². The zero-order valence-electron chi connectivity index (χ0n) is 6.33. The molecule has 2 amide bonds. The molecule has 0 aromatic rings. The van der Waals surface area contributed by atoms with Crippen LogP contribution in [0.2, 0.25) is 0 Å². The highest BCUT2D eigenvalue weighted by Crippen LogP contribution is 1.82. The SMILES string of the molecule is CCCC(=O)O.NC(N)=O.S. The lowest BCUT2D eigenvalue weighted by Crippen LogP contribution is -2.18. The Bertz CT molecular complexity index is 114. The van der Waals surface area contributed by atoms with Gasteiger partial charge in [-0.05, 0) is 6.42 Å². The lowest BCUT2D eigenvalue weighted by atomic mass is 10.4. The monoisotopic (exact) mass is 182 g/mol. The first-order chi connectivity index (χ1) is 4.50. The molecule has 0 heterocycles. The number of primary amides is 2. The summed E-state index contributed by atoms with van der Waals surface area (Å²) in [6, 6.07) is -0.833. The first kappa shape index (κ1) is 16.6. The second kappa shape index (κ2) is 11.8. The van der Waals surface area contributed by atoms with Gasteiger partial charge in [-0.15, -0.1) is 0 Å². The molecule has 68 valence electrons. The Morgan fingerprint density at radius 1 is 1.36 bits per heavy atom. The molecule has 0 aliphatic rings. The number of carboxylic acids is 1. The number of carbonyl (C=O) groups excluding carboxylic acids is 1. The topological polar surface area (TPSA) is 106 Å². The predicted octanol–water partition coefficient (Wildman–Crippen LogP) is 0.00770. The number of nitrogens with two attached hydrogens (primary N) is 2. The molecule has 0 rings (SSSR count). The Kier molecular flexibility index (Phi) is 17.8. The van der Waals surface area contributed by atoms with Crippen LogP contribution in [0.25, 0.3) is 0 Å². The normalized spacial score (nSPS) is 6.64. The maximum Gasteiger partial charge on any atom is 0.309 e. The van der Waals surface area contributed by atoms with Crippen LogP contribution in [0.4, 0.5) is 4.79 Å². The van der Waals surface area contributed by atoms with Gasteiger partial charge in [0, 0.05) is 6.42 Å². The summed E-state index contributed by atoms with van der Waals surface area (Å²) >= 11 is 0. The van der Waals surface area contributed by atoms with Crippen molar-refractivity contribution in [1.29, 1.82) is 0 Å². The molecule has 11 heavy (non-hydrogen) atoms. The van der Waals surface area contributed by atoms with E-state index < -0.39 is 12.0 Å². The average Bonchev–Trinajstić information content (AvgIpc) is 1.62. The third-order valence-electron chi connectivity index (χ3n) is 0.464. The summed E-state index contributed by atoms with van der Waals surface area (Å²) in [6.45, 7) is 1.84. The Balaban J connectivity index is -0.000000114. The fraction of sp³-hybridized carbons (Fsp3) is 0.600. The van der Waals surface area contributed by atoms with Crippen LogP contribution in [0.3, 0.4) is 0 Å². The standard InChI is InChI=1S/C4H8O2.CH4N2O.H2S/c1-2-3-4(5)6;2-1(3)4;/h2-3H2,1H3,(H,5,6);(H4,2,3,4);1H2. The number of carbonyl (C=O) groups is 2. The van der Waals surface area contributed by atoms with Crippen LogP contribution in [0.1, 0.15) is 19.8 Å². The molecule has 0 unspecified atom stereocenters. The highest BCUT2D eigenvalue weighted by atomic mass is 32.1. The molecule has 0 atom stereocenters. The Morgan fingerprint density at radius 2 is 1.64 bits per heavy atom. The number of aliphatic carboxylic acids is 1. The van der Waals surface area contributed by atoms with Crippen LogP contribution in [0, 0.1) is 0 Å². The second-order valence-corrected chi connectivity index (χ2v) is 1.55. The fourth-order valence-corrected chi connectivity index (χ4v) is 0.214. The molecule has 0 bridgehead atoms. The molecule has 0 aliphatic heterocycles. The second-order valence-electron chi connectivity index (χ2n) is 1.55. The molecule has 0 radical (unpaired) electrons. The van der Waals surface area contributed by atoms with Gasteiger partial charge < -0.3 is 16.6 Å². The van der Waals surface area contributed by atoms with E-state index in [1.807, 2.05) is 6.92 Å². The zero-order chi connectivity index (χ0) is 8.57. The van der Waals surface area contributed by atoms with Crippen molar-refractivity contribution in [3.8, 4) is 0 Å². The summed E-state index contributed by atoms with van der Waals surface area (Å²) in [7, 11) is 0. The highest BCUT2D eigenvalue weighted by molar-refractivity contribution is 7.59. The zero-order valence-corrected chi connectivity index (χ0v) is 7.33. The summed E-state index contributed by atoms with van der Waals surface area (Å²) in [5.74, 6) is -0.711. The van der Waals surface area contributed by atoms with Crippen LogP contribution >= 0.6 is 13.5 Å². The van der Waals surface area contributed by atoms with E-state index >= 15 is 0 Å². The minimum Gasteiger partial charge on any atom is -0.481 e. The number of amides is 2. The van der Waals surface area contributed by atoms with E-state index in [2.05, 4.69) is 11.5 Å². The number of hydrogen-bond donors (Lipinski definition) is 3. The summed E-state index contributed by atoms with van der Waals surface area (Å²) in [4.78, 5) is 18.6. The highest BCUT2D eigenvalue weighted by Gasteiger charge is 1.87. The molecular formula is C5H14N2O3S. The Morgan fingerprint density at radius 3 is 1.64 bits per heavy atom. The number of rotatable bonds is 2. The van der Waals surface area contributed by atoms with Gasteiger partial charge in [0.15, 0.2) is 0 Å². The van der Waals surface area contributed by atoms with Gasteiger partial charge in [-0.25, -0.2) is 4.79 Å². The third kappa shape index (κ3) is 105. The lowest BCUT2D eigenvalue weighted by Gasteiger charge is -1.79. The molecule has 0 spiro atoms. The first-order valence-corrected chi connectivity index (χ1v) is 2.77. The quantitative estimate of drug-likeness (QED) is 0.559. The average molecular weight is 182 g/mol. The van der Waals surface area contributed by atoms with Gasteiger partial charge in [0.1, 0.15) is 0 Å². The van der Waals surface area contributed by atoms with E-state index in [0.717, 1.165) is 6.42 Å². The summed E-state index contributed by atoms with van der Waals surface area (Å²) < 4.78 is 0. The van der Waals surface area contributed by atoms with Gasteiger partial charge in [0.2, 0.25) is 0 Å². The van der Waals surface area contributed by atoms with Gasteiger partial charge in [-0.2, -0.15) is 13.5 Å². The van der Waals surface area contributed by atoms with Crippen molar-refractivity contribution in [3.05, 3.63) is 0 Å². The predicted molar refractivity (Wildman–Crippen MR) is 46.7 cm³/mol. The van der Waals surface area contributed by atoms with Crippen molar-refractivity contribution in [2.45, 2.75) is 19.8 Å². The molecule has 5 nitrogen and oxygen atoms in total. The van der Waals surface area contributed by atoms with E-state index in [4.69, 9.17) is 9.90 Å². The third-order valence-corrected chi connectivity index (χ3v) is 0.464. The van der Waals surface area contributed by atoms with E-state index in [0.29, 0.717) is 6.42 Å². The molecule has 0 saturated carbocycles. The van der Waals surface area contributed by atoms with Gasteiger partial charge in [0.05, 0.1) is 0 Å². The van der Waals surface area contributed by atoms with Gasteiger partial charge in [0.25, 0.3) is 0 Å². The van der Waals surface area contributed by atoms with Crippen molar-refractivity contribution >= 4 is 25.5 Å². The molecular weight excluding hydrogens is 168 g/mol. The summed E-state index contributed by atoms with van der Waals surface area (Å²) in [5, 5.41) is 7.91. The minimum absolute atomic E-state index is 0. The van der Waals surface area contributed by atoms with Crippen molar-refractivity contribution in [2.75, 3.05) is 0 Å². The minimum atomic E-state index is -0.833. The molecule has 0 aliphatic carbocycles. The number of carboxylic acid groups (broad SMARTS) is 1. The van der Waals surface area contributed by atoms with E-state index in [-0.39, 0.29) is 13.5 Å². The number of hydrogen-bond acceptors (Lipinski definition) is 2. The maximum absolute atomic E-state index is 9.60.